The van der Waals surface area contributed by atoms with E-state index in [4.69, 9.17) is 5.84 Å². The monoisotopic (exact) mass is 305 g/mol. The first-order valence-electron chi connectivity index (χ1n) is 5.88. The molecule has 0 spiro atoms. The molecule has 2 rings (SSSR count). The molecule has 3 N–H and O–H groups in total. The van der Waals surface area contributed by atoms with Crippen LogP contribution in [0.2, 0.25) is 0 Å². The van der Waals surface area contributed by atoms with E-state index in [1.165, 1.54) is 11.1 Å². The van der Waals surface area contributed by atoms with Gasteiger partial charge in [0.25, 0.3) is 0 Å². The summed E-state index contributed by atoms with van der Waals surface area (Å²) in [7, 11) is 0. The Morgan fingerprint density at radius 1 is 1.11 bits per heavy atom. The van der Waals surface area contributed by atoms with Gasteiger partial charge in [0, 0.05) is 22.9 Å². The molecule has 94 valence electrons. The number of hydrazine groups is 1. The molecular weight excluding hydrogens is 290 g/mol. The Hall–Kier alpha value is -1.23. The van der Waals surface area contributed by atoms with Gasteiger partial charge < -0.3 is 0 Å². The molecule has 2 aromatic rings. The van der Waals surface area contributed by atoms with Crippen LogP contribution in [0.5, 0.6) is 0 Å². The first-order valence-corrected chi connectivity index (χ1v) is 6.67. The quantitative estimate of drug-likeness (QED) is 0.659. The number of hydrogen-bond acceptors (Lipinski definition) is 3. The Balaban J connectivity index is 2.04. The summed E-state index contributed by atoms with van der Waals surface area (Å²) in [5.41, 5.74) is 5.38. The highest BCUT2D eigenvalue weighted by Crippen LogP contribution is 2.18. The third-order valence-corrected chi connectivity index (χ3v) is 3.66. The molecule has 4 heteroatoms. The zero-order valence-electron chi connectivity index (χ0n) is 10.0. The van der Waals surface area contributed by atoms with Crippen molar-refractivity contribution in [2.75, 3.05) is 0 Å². The predicted octanol–water partition coefficient (Wildman–Crippen LogP) is 2.46. The molecule has 1 atom stereocenters. The largest absolute Gasteiger partial charge is 0.271 e. The van der Waals surface area contributed by atoms with E-state index in [0.29, 0.717) is 0 Å². The van der Waals surface area contributed by atoms with Crippen molar-refractivity contribution in [1.29, 1.82) is 0 Å². The Morgan fingerprint density at radius 2 is 1.83 bits per heavy atom. The number of hydrogen-bond donors (Lipinski definition) is 2. The molecule has 0 saturated carbocycles. The number of pyridine rings is 1. The summed E-state index contributed by atoms with van der Waals surface area (Å²) in [6.07, 6.45) is 5.39. The van der Waals surface area contributed by atoms with E-state index in [0.717, 1.165) is 17.3 Å². The molecule has 0 fully saturated rings. The Labute approximate surface area is 116 Å². The zero-order chi connectivity index (χ0) is 12.8. The lowest BCUT2D eigenvalue weighted by Gasteiger charge is -2.16. The number of nitrogens with two attached hydrogens (primary N) is 1. The van der Waals surface area contributed by atoms with Crippen LogP contribution < -0.4 is 11.3 Å². The molecule has 1 aromatic carbocycles. The fourth-order valence-electron chi connectivity index (χ4n) is 1.92. The molecule has 0 saturated heterocycles. The van der Waals surface area contributed by atoms with Crippen LogP contribution >= 0.6 is 15.9 Å². The van der Waals surface area contributed by atoms with Gasteiger partial charge in [-0.1, -0.05) is 34.1 Å². The molecule has 0 aliphatic rings. The lowest BCUT2D eigenvalue weighted by atomic mass is 10.0. The van der Waals surface area contributed by atoms with Crippen molar-refractivity contribution in [3.8, 4) is 0 Å². The summed E-state index contributed by atoms with van der Waals surface area (Å²) < 4.78 is 1.12. The van der Waals surface area contributed by atoms with Crippen LogP contribution in [0.4, 0.5) is 0 Å². The van der Waals surface area contributed by atoms with Crippen molar-refractivity contribution in [2.24, 2.45) is 5.84 Å². The Bertz CT molecular complexity index is 487. The second-order valence-corrected chi connectivity index (χ2v) is 5.07. The highest BCUT2D eigenvalue weighted by atomic mass is 79.9. The minimum absolute atomic E-state index is 0.214. The van der Waals surface area contributed by atoms with Crippen molar-refractivity contribution in [3.63, 3.8) is 0 Å². The molecule has 0 bridgehead atoms. The minimum atomic E-state index is 0.214. The summed E-state index contributed by atoms with van der Waals surface area (Å²) in [5.74, 6) is 5.64. The number of benzene rings is 1. The van der Waals surface area contributed by atoms with Crippen molar-refractivity contribution < 1.29 is 0 Å². The fourth-order valence-corrected chi connectivity index (χ4v) is 2.37. The smallest absolute Gasteiger partial charge is 0.0291 e. The topological polar surface area (TPSA) is 50.9 Å². The van der Waals surface area contributed by atoms with E-state index in [1.807, 2.05) is 24.3 Å². The summed E-state index contributed by atoms with van der Waals surface area (Å²) in [6.45, 7) is 0. The van der Waals surface area contributed by atoms with Crippen LogP contribution in [0, 0.1) is 0 Å². The maximum atomic E-state index is 5.64. The number of halogens is 1. The van der Waals surface area contributed by atoms with Gasteiger partial charge in [0.15, 0.2) is 0 Å². The molecule has 1 heterocycles. The van der Waals surface area contributed by atoms with Crippen LogP contribution in [0.25, 0.3) is 0 Å². The van der Waals surface area contributed by atoms with Gasteiger partial charge in [-0.2, -0.15) is 0 Å². The average Bonchev–Trinajstić information content (AvgIpc) is 2.41. The second kappa shape index (κ2) is 6.64. The lowest BCUT2D eigenvalue weighted by molar-refractivity contribution is 0.521. The van der Waals surface area contributed by atoms with Crippen molar-refractivity contribution in [1.82, 2.24) is 10.4 Å². The molecule has 1 unspecified atom stereocenters. The molecule has 0 aliphatic carbocycles. The van der Waals surface area contributed by atoms with E-state index in [1.54, 1.807) is 12.4 Å². The van der Waals surface area contributed by atoms with E-state index in [-0.39, 0.29) is 6.04 Å². The van der Waals surface area contributed by atoms with Gasteiger partial charge in [0.1, 0.15) is 0 Å². The molecule has 18 heavy (non-hydrogen) atoms. The van der Waals surface area contributed by atoms with E-state index < -0.39 is 0 Å². The van der Waals surface area contributed by atoms with E-state index in [9.17, 15) is 0 Å². The number of nitrogens with zero attached hydrogens (tertiary/aromatic N) is 1. The van der Waals surface area contributed by atoms with Crippen LogP contribution in [-0.2, 0) is 12.8 Å². The Kier molecular flexibility index (Phi) is 4.87. The van der Waals surface area contributed by atoms with Gasteiger partial charge in [-0.25, -0.2) is 0 Å². The third-order valence-electron chi connectivity index (χ3n) is 2.89. The van der Waals surface area contributed by atoms with Gasteiger partial charge in [0.2, 0.25) is 0 Å². The lowest BCUT2D eigenvalue weighted by Crippen LogP contribution is -2.38. The number of aromatic nitrogens is 1. The van der Waals surface area contributed by atoms with E-state index in [2.05, 4.69) is 38.5 Å². The highest BCUT2D eigenvalue weighted by molar-refractivity contribution is 9.10. The standard InChI is InChI=1S/C14H16BrN3/c15-14-4-2-1-3-12(14)10-13(18-16)9-11-5-7-17-8-6-11/h1-8,13,18H,9-10,16H2. The first-order chi connectivity index (χ1) is 8.79. The molecular formula is C14H16BrN3. The maximum absolute atomic E-state index is 5.64. The van der Waals surface area contributed by atoms with Crippen LogP contribution in [0.15, 0.2) is 53.3 Å². The summed E-state index contributed by atoms with van der Waals surface area (Å²) in [5, 5.41) is 0. The summed E-state index contributed by atoms with van der Waals surface area (Å²) in [4.78, 5) is 4.02. The van der Waals surface area contributed by atoms with Crippen molar-refractivity contribution in [3.05, 3.63) is 64.4 Å². The molecule has 0 radical (unpaired) electrons. The van der Waals surface area contributed by atoms with Gasteiger partial charge >= 0.3 is 0 Å². The SMILES string of the molecule is NNC(Cc1ccncc1)Cc1ccccc1Br. The van der Waals surface area contributed by atoms with Crippen LogP contribution in [-0.4, -0.2) is 11.0 Å². The summed E-state index contributed by atoms with van der Waals surface area (Å²) in [6, 6.07) is 12.5. The number of rotatable bonds is 5. The first kappa shape index (κ1) is 13.2. The normalized spacial score (nSPS) is 12.3. The summed E-state index contributed by atoms with van der Waals surface area (Å²) >= 11 is 3.56. The van der Waals surface area contributed by atoms with Crippen molar-refractivity contribution in [2.45, 2.75) is 18.9 Å². The maximum Gasteiger partial charge on any atom is 0.0291 e. The zero-order valence-corrected chi connectivity index (χ0v) is 11.6. The number of nitrogens with one attached hydrogen (secondary N) is 1. The molecule has 1 aromatic heterocycles. The van der Waals surface area contributed by atoms with Crippen LogP contribution in [0.1, 0.15) is 11.1 Å². The fraction of sp³-hybridized carbons (Fsp3) is 0.214. The second-order valence-electron chi connectivity index (χ2n) is 4.22. The van der Waals surface area contributed by atoms with Crippen LogP contribution in [0.3, 0.4) is 0 Å². The molecule has 0 aliphatic heterocycles. The average molecular weight is 306 g/mol. The van der Waals surface area contributed by atoms with Crippen molar-refractivity contribution >= 4 is 15.9 Å². The molecule has 3 nitrogen and oxygen atoms in total. The minimum Gasteiger partial charge on any atom is -0.271 e. The van der Waals surface area contributed by atoms with Gasteiger partial charge in [-0.3, -0.25) is 16.3 Å². The van der Waals surface area contributed by atoms with E-state index >= 15 is 0 Å². The Morgan fingerprint density at radius 3 is 2.50 bits per heavy atom. The van der Waals surface area contributed by atoms with Gasteiger partial charge in [-0.15, -0.1) is 0 Å². The van der Waals surface area contributed by atoms with Gasteiger partial charge in [-0.05, 0) is 42.2 Å². The highest BCUT2D eigenvalue weighted by Gasteiger charge is 2.10. The predicted molar refractivity (Wildman–Crippen MR) is 76.9 cm³/mol. The van der Waals surface area contributed by atoms with Gasteiger partial charge in [0.05, 0.1) is 0 Å². The third kappa shape index (κ3) is 3.63. The molecule has 0 amide bonds.